The quantitative estimate of drug-likeness (QED) is 0.745. The van der Waals surface area contributed by atoms with Gasteiger partial charge in [-0.25, -0.2) is 0 Å². The Kier molecular flexibility index (Phi) is 3.57. The zero-order valence-corrected chi connectivity index (χ0v) is 11.3. The SMILES string of the molecule is Cc1cc(NCC(=O)NC2CC2)c(Br)cc1N. The van der Waals surface area contributed by atoms with Crippen molar-refractivity contribution >= 4 is 33.2 Å². The Labute approximate surface area is 109 Å². The van der Waals surface area contributed by atoms with Gasteiger partial charge in [-0.15, -0.1) is 0 Å². The largest absolute Gasteiger partial charge is 0.398 e. The Balaban J connectivity index is 1.93. The molecule has 1 aliphatic carbocycles. The highest BCUT2D eigenvalue weighted by Gasteiger charge is 2.22. The maximum absolute atomic E-state index is 11.5. The van der Waals surface area contributed by atoms with Crippen LogP contribution >= 0.6 is 15.9 Å². The van der Waals surface area contributed by atoms with Crippen LogP contribution in [0.15, 0.2) is 16.6 Å². The average Bonchev–Trinajstić information content (AvgIpc) is 3.05. The van der Waals surface area contributed by atoms with Crippen LogP contribution in [0, 0.1) is 6.92 Å². The van der Waals surface area contributed by atoms with Crippen molar-refractivity contribution in [3.8, 4) is 0 Å². The normalized spacial score (nSPS) is 14.5. The van der Waals surface area contributed by atoms with Crippen molar-refractivity contribution in [3.05, 3.63) is 22.2 Å². The first-order valence-corrected chi connectivity index (χ1v) is 6.44. The molecule has 0 aliphatic heterocycles. The first-order chi connectivity index (χ1) is 8.06. The number of nitrogens with one attached hydrogen (secondary N) is 2. The summed E-state index contributed by atoms with van der Waals surface area (Å²) in [5, 5.41) is 6.03. The molecule has 0 heterocycles. The zero-order chi connectivity index (χ0) is 12.4. The molecule has 1 aliphatic rings. The molecule has 1 amide bonds. The lowest BCUT2D eigenvalue weighted by Gasteiger charge is -2.11. The Morgan fingerprint density at radius 3 is 2.88 bits per heavy atom. The van der Waals surface area contributed by atoms with Gasteiger partial charge in [0.05, 0.1) is 6.54 Å². The molecule has 92 valence electrons. The van der Waals surface area contributed by atoms with E-state index in [1.54, 1.807) is 0 Å². The van der Waals surface area contributed by atoms with Crippen molar-refractivity contribution in [1.29, 1.82) is 0 Å². The molecule has 17 heavy (non-hydrogen) atoms. The minimum absolute atomic E-state index is 0.0360. The molecule has 0 bridgehead atoms. The van der Waals surface area contributed by atoms with Gasteiger partial charge in [-0.2, -0.15) is 0 Å². The number of hydrogen-bond acceptors (Lipinski definition) is 3. The monoisotopic (exact) mass is 297 g/mol. The van der Waals surface area contributed by atoms with E-state index in [0.29, 0.717) is 12.6 Å². The molecule has 1 fully saturated rings. The van der Waals surface area contributed by atoms with Gasteiger partial charge in [0.1, 0.15) is 0 Å². The minimum atomic E-state index is 0.0360. The van der Waals surface area contributed by atoms with E-state index in [1.807, 2.05) is 19.1 Å². The summed E-state index contributed by atoms with van der Waals surface area (Å²) >= 11 is 3.42. The molecule has 0 saturated heterocycles. The zero-order valence-electron chi connectivity index (χ0n) is 9.72. The fourth-order valence-electron chi connectivity index (χ4n) is 1.51. The van der Waals surface area contributed by atoms with Crippen LogP contribution in [-0.2, 0) is 4.79 Å². The number of anilines is 2. The van der Waals surface area contributed by atoms with Crippen molar-refractivity contribution in [2.45, 2.75) is 25.8 Å². The van der Waals surface area contributed by atoms with Gasteiger partial charge in [0.15, 0.2) is 0 Å². The summed E-state index contributed by atoms with van der Waals surface area (Å²) in [6.45, 7) is 2.23. The van der Waals surface area contributed by atoms with E-state index in [1.165, 1.54) is 0 Å². The molecule has 0 atom stereocenters. The predicted molar refractivity (Wildman–Crippen MR) is 72.9 cm³/mol. The maximum Gasteiger partial charge on any atom is 0.239 e. The molecular weight excluding hydrogens is 282 g/mol. The number of carbonyl (C=O) groups is 1. The second kappa shape index (κ2) is 4.96. The Morgan fingerprint density at radius 2 is 2.24 bits per heavy atom. The Morgan fingerprint density at radius 1 is 1.53 bits per heavy atom. The number of halogens is 1. The van der Waals surface area contributed by atoms with Crippen molar-refractivity contribution in [2.75, 3.05) is 17.6 Å². The molecule has 0 spiro atoms. The molecule has 0 aromatic heterocycles. The number of carbonyl (C=O) groups excluding carboxylic acids is 1. The lowest BCUT2D eigenvalue weighted by molar-refractivity contribution is -0.119. The minimum Gasteiger partial charge on any atom is -0.398 e. The van der Waals surface area contributed by atoms with E-state index in [2.05, 4.69) is 26.6 Å². The Hall–Kier alpha value is -1.23. The molecule has 1 aromatic rings. The summed E-state index contributed by atoms with van der Waals surface area (Å²) in [7, 11) is 0. The van der Waals surface area contributed by atoms with Gasteiger partial charge < -0.3 is 16.4 Å². The molecule has 4 nitrogen and oxygen atoms in total. The summed E-state index contributed by atoms with van der Waals surface area (Å²) in [4.78, 5) is 11.5. The highest BCUT2D eigenvalue weighted by Crippen LogP contribution is 2.27. The lowest BCUT2D eigenvalue weighted by Crippen LogP contribution is -2.31. The first-order valence-electron chi connectivity index (χ1n) is 5.65. The molecule has 0 radical (unpaired) electrons. The molecule has 0 unspecified atom stereocenters. The van der Waals surface area contributed by atoms with Crippen molar-refractivity contribution in [2.24, 2.45) is 0 Å². The molecule has 2 rings (SSSR count). The van der Waals surface area contributed by atoms with Crippen LogP contribution in [0.1, 0.15) is 18.4 Å². The van der Waals surface area contributed by atoms with Gasteiger partial charge in [-0.3, -0.25) is 4.79 Å². The van der Waals surface area contributed by atoms with Crippen LogP contribution in [0.25, 0.3) is 0 Å². The number of nitrogen functional groups attached to an aromatic ring is 1. The van der Waals surface area contributed by atoms with Gasteiger partial charge >= 0.3 is 0 Å². The van der Waals surface area contributed by atoms with E-state index in [9.17, 15) is 4.79 Å². The summed E-state index contributed by atoms with van der Waals surface area (Å²) in [6.07, 6.45) is 2.22. The third-order valence-electron chi connectivity index (χ3n) is 2.74. The lowest BCUT2D eigenvalue weighted by atomic mass is 10.2. The fraction of sp³-hybridized carbons (Fsp3) is 0.417. The molecule has 1 aromatic carbocycles. The first kappa shape index (κ1) is 12.2. The van der Waals surface area contributed by atoms with Crippen LogP contribution in [0.2, 0.25) is 0 Å². The van der Waals surface area contributed by atoms with E-state index >= 15 is 0 Å². The summed E-state index contributed by atoms with van der Waals surface area (Å²) in [5.41, 5.74) is 8.41. The smallest absolute Gasteiger partial charge is 0.239 e. The second-order valence-corrected chi connectivity index (χ2v) is 5.24. The van der Waals surface area contributed by atoms with Gasteiger partial charge in [0, 0.05) is 21.9 Å². The average molecular weight is 298 g/mol. The maximum atomic E-state index is 11.5. The molecule has 4 N–H and O–H groups in total. The molecular formula is C12H16BrN3O. The third-order valence-corrected chi connectivity index (χ3v) is 3.39. The summed E-state index contributed by atoms with van der Waals surface area (Å²) in [5.74, 6) is 0.0360. The fourth-order valence-corrected chi connectivity index (χ4v) is 2.02. The number of amides is 1. The van der Waals surface area contributed by atoms with Crippen molar-refractivity contribution in [1.82, 2.24) is 5.32 Å². The van der Waals surface area contributed by atoms with Crippen LogP contribution in [0.3, 0.4) is 0 Å². The number of rotatable bonds is 4. The van der Waals surface area contributed by atoms with E-state index in [0.717, 1.165) is 34.3 Å². The second-order valence-electron chi connectivity index (χ2n) is 4.38. The van der Waals surface area contributed by atoms with Crippen LogP contribution in [0.5, 0.6) is 0 Å². The van der Waals surface area contributed by atoms with Crippen LogP contribution in [0.4, 0.5) is 11.4 Å². The highest BCUT2D eigenvalue weighted by molar-refractivity contribution is 9.10. The van der Waals surface area contributed by atoms with E-state index in [-0.39, 0.29) is 5.91 Å². The van der Waals surface area contributed by atoms with Gasteiger partial charge in [0.2, 0.25) is 5.91 Å². The standard InChI is InChI=1S/C12H16BrN3O/c1-7-4-11(9(13)5-10(7)14)15-6-12(17)16-8-2-3-8/h4-5,8,15H,2-3,6,14H2,1H3,(H,16,17). The van der Waals surface area contributed by atoms with Gasteiger partial charge in [-0.05, 0) is 53.4 Å². The molecule has 1 saturated carbocycles. The highest BCUT2D eigenvalue weighted by atomic mass is 79.9. The van der Waals surface area contributed by atoms with Crippen molar-refractivity contribution < 1.29 is 4.79 Å². The number of hydrogen-bond donors (Lipinski definition) is 3. The number of benzene rings is 1. The summed E-state index contributed by atoms with van der Waals surface area (Å²) < 4.78 is 0.875. The number of nitrogens with two attached hydrogens (primary N) is 1. The third kappa shape index (κ3) is 3.36. The van der Waals surface area contributed by atoms with E-state index in [4.69, 9.17) is 5.73 Å². The molecule has 5 heteroatoms. The van der Waals surface area contributed by atoms with Gasteiger partial charge in [-0.1, -0.05) is 0 Å². The van der Waals surface area contributed by atoms with E-state index < -0.39 is 0 Å². The van der Waals surface area contributed by atoms with Crippen LogP contribution in [-0.4, -0.2) is 18.5 Å². The Bertz CT molecular complexity index is 444. The van der Waals surface area contributed by atoms with Crippen molar-refractivity contribution in [3.63, 3.8) is 0 Å². The predicted octanol–water partition coefficient (Wildman–Crippen LogP) is 2.03. The van der Waals surface area contributed by atoms with Gasteiger partial charge in [0.25, 0.3) is 0 Å². The summed E-state index contributed by atoms with van der Waals surface area (Å²) in [6, 6.07) is 4.18. The topological polar surface area (TPSA) is 67.2 Å². The van der Waals surface area contributed by atoms with Crippen LogP contribution < -0.4 is 16.4 Å². The number of aryl methyl sites for hydroxylation is 1.